The van der Waals surface area contributed by atoms with Crippen molar-refractivity contribution in [1.29, 1.82) is 0 Å². The summed E-state index contributed by atoms with van der Waals surface area (Å²) in [5, 5.41) is 16.1. The number of rotatable bonds is 11. The minimum Gasteiger partial charge on any atom is -0.480 e. The lowest BCUT2D eigenvalue weighted by Crippen LogP contribution is -2.62. The van der Waals surface area contributed by atoms with E-state index in [1.54, 1.807) is 6.20 Å². The number of amides is 1. The molecular weight excluding hydrogens is 492 g/mol. The number of hydrogen-bond donors (Lipinski definition) is 3. The molecule has 0 radical (unpaired) electrons. The largest absolute Gasteiger partial charge is 0.480 e. The number of ether oxygens (including phenoxy) is 1. The van der Waals surface area contributed by atoms with Crippen LogP contribution in [0.15, 0.2) is 36.5 Å². The Bertz CT molecular complexity index is 1180. The Balaban J connectivity index is 0.950. The summed E-state index contributed by atoms with van der Waals surface area (Å²) in [5.74, 6) is 0.450. The van der Waals surface area contributed by atoms with Crippen LogP contribution in [-0.4, -0.2) is 52.2 Å². The van der Waals surface area contributed by atoms with Gasteiger partial charge in [-0.25, -0.2) is 9.78 Å². The van der Waals surface area contributed by atoms with Crippen LogP contribution in [0.25, 0.3) is 0 Å². The first-order chi connectivity index (χ1) is 18.9. The number of carbonyl (C=O) groups is 2. The van der Waals surface area contributed by atoms with E-state index in [1.807, 2.05) is 18.2 Å². The summed E-state index contributed by atoms with van der Waals surface area (Å²) < 4.78 is 6.01. The third-order valence-corrected chi connectivity index (χ3v) is 9.67. The number of anilines is 1. The lowest BCUT2D eigenvalue weighted by Gasteiger charge is -2.59. The van der Waals surface area contributed by atoms with Gasteiger partial charge in [-0.15, -0.1) is 0 Å². The predicted octanol–water partition coefficient (Wildman–Crippen LogP) is 4.42. The standard InChI is InChI=1S/C31H40N4O4/c36-28(37)25(35-29(38)31(26-6-1-2-14-32-26)19-30(20-31)12-4-13-30)11-16-39-24-17-21(18-24)7-9-23-10-8-22-5-3-15-33-27(22)34-23/h1-2,6,8,10,14,21,24-25H,3-5,7,9,11-13,15-20H2,(H,33,34)(H,35,38)(H,36,37)/t21-,24-,25-/m0/s1. The molecule has 3 aliphatic carbocycles. The van der Waals surface area contributed by atoms with Gasteiger partial charge in [0.05, 0.1) is 17.2 Å². The van der Waals surface area contributed by atoms with Crippen molar-refractivity contribution in [3.63, 3.8) is 0 Å². The van der Waals surface area contributed by atoms with E-state index in [0.717, 1.165) is 81.5 Å². The number of pyridine rings is 2. The summed E-state index contributed by atoms with van der Waals surface area (Å²) in [6.45, 7) is 1.33. The molecule has 2 aromatic rings. The molecule has 3 saturated carbocycles. The van der Waals surface area contributed by atoms with Gasteiger partial charge in [0, 0.05) is 31.5 Å². The Kier molecular flexibility index (Phi) is 7.31. The van der Waals surface area contributed by atoms with Crippen LogP contribution in [0.3, 0.4) is 0 Å². The first-order valence-corrected chi connectivity index (χ1v) is 14.7. The molecule has 8 heteroatoms. The van der Waals surface area contributed by atoms with E-state index >= 15 is 0 Å². The molecule has 3 N–H and O–H groups in total. The molecule has 39 heavy (non-hydrogen) atoms. The zero-order chi connectivity index (χ0) is 26.9. The minimum absolute atomic E-state index is 0.170. The maximum Gasteiger partial charge on any atom is 0.326 e. The predicted molar refractivity (Wildman–Crippen MR) is 147 cm³/mol. The number of aryl methyl sites for hydroxylation is 2. The van der Waals surface area contributed by atoms with Crippen LogP contribution in [0.4, 0.5) is 5.82 Å². The second kappa shape index (κ2) is 10.9. The monoisotopic (exact) mass is 532 g/mol. The molecule has 1 spiro atoms. The van der Waals surface area contributed by atoms with Crippen LogP contribution in [0, 0.1) is 11.3 Å². The lowest BCUT2D eigenvalue weighted by molar-refractivity contribution is -0.150. The fourth-order valence-corrected chi connectivity index (χ4v) is 7.18. The van der Waals surface area contributed by atoms with Gasteiger partial charge < -0.3 is 20.5 Å². The van der Waals surface area contributed by atoms with Crippen molar-refractivity contribution in [2.45, 2.75) is 94.6 Å². The smallest absolute Gasteiger partial charge is 0.326 e. The highest BCUT2D eigenvalue weighted by Gasteiger charge is 2.62. The summed E-state index contributed by atoms with van der Waals surface area (Å²) in [6, 6.07) is 9.05. The lowest BCUT2D eigenvalue weighted by atomic mass is 9.44. The molecule has 1 aliphatic heterocycles. The molecule has 208 valence electrons. The second-order valence-corrected chi connectivity index (χ2v) is 12.4. The molecule has 0 bridgehead atoms. The van der Waals surface area contributed by atoms with Crippen molar-refractivity contribution >= 4 is 17.7 Å². The topological polar surface area (TPSA) is 113 Å². The van der Waals surface area contributed by atoms with Gasteiger partial charge >= 0.3 is 5.97 Å². The summed E-state index contributed by atoms with van der Waals surface area (Å²) >= 11 is 0. The maximum atomic E-state index is 13.5. The van der Waals surface area contributed by atoms with Crippen LogP contribution >= 0.6 is 0 Å². The molecule has 1 atom stereocenters. The number of hydrogen-bond acceptors (Lipinski definition) is 6. The highest BCUT2D eigenvalue weighted by Crippen LogP contribution is 2.64. The van der Waals surface area contributed by atoms with Gasteiger partial charge in [-0.3, -0.25) is 9.78 Å². The van der Waals surface area contributed by atoms with Crippen molar-refractivity contribution in [2.75, 3.05) is 18.5 Å². The van der Waals surface area contributed by atoms with Crippen LogP contribution in [0.5, 0.6) is 0 Å². The number of aromatic nitrogens is 2. The first-order valence-electron chi connectivity index (χ1n) is 14.7. The van der Waals surface area contributed by atoms with Crippen molar-refractivity contribution < 1.29 is 19.4 Å². The van der Waals surface area contributed by atoms with Gasteiger partial charge in [0.1, 0.15) is 11.9 Å². The molecule has 8 nitrogen and oxygen atoms in total. The second-order valence-electron chi connectivity index (χ2n) is 12.4. The van der Waals surface area contributed by atoms with Crippen molar-refractivity contribution in [2.24, 2.45) is 11.3 Å². The SMILES string of the molecule is O=C(O)[C@H](CCO[C@H]1C[C@H](CCc2ccc3c(n2)NCCC3)C1)NC(=O)C1(c2ccccn2)CC2(CCC2)C1. The number of carboxylic acid groups (broad SMARTS) is 1. The Morgan fingerprint density at radius 3 is 2.72 bits per heavy atom. The number of fused-ring (bicyclic) bond motifs is 1. The van der Waals surface area contributed by atoms with E-state index in [1.165, 1.54) is 18.4 Å². The Morgan fingerprint density at radius 1 is 1.15 bits per heavy atom. The van der Waals surface area contributed by atoms with E-state index in [4.69, 9.17) is 9.72 Å². The summed E-state index contributed by atoms with van der Waals surface area (Å²) in [5.41, 5.74) is 2.73. The molecule has 0 aromatic carbocycles. The Hall–Kier alpha value is -3.00. The molecule has 0 saturated heterocycles. The number of nitrogens with one attached hydrogen (secondary N) is 2. The number of carbonyl (C=O) groups excluding carboxylic acids is 1. The molecule has 0 unspecified atom stereocenters. The molecule has 3 heterocycles. The zero-order valence-corrected chi connectivity index (χ0v) is 22.7. The van der Waals surface area contributed by atoms with Crippen molar-refractivity contribution in [1.82, 2.24) is 15.3 Å². The normalized spacial score (nSPS) is 24.7. The van der Waals surface area contributed by atoms with Gasteiger partial charge in [0.15, 0.2) is 0 Å². The fraction of sp³-hybridized carbons (Fsp3) is 0.613. The van der Waals surface area contributed by atoms with Crippen LogP contribution in [-0.2, 0) is 32.6 Å². The van der Waals surface area contributed by atoms with Gasteiger partial charge in [-0.05, 0) is 99.3 Å². The van der Waals surface area contributed by atoms with Gasteiger partial charge in [0.25, 0.3) is 0 Å². The zero-order valence-electron chi connectivity index (χ0n) is 22.7. The quantitative estimate of drug-likeness (QED) is 0.392. The summed E-state index contributed by atoms with van der Waals surface area (Å²) in [6.07, 6.45) is 13.5. The van der Waals surface area contributed by atoms with Crippen molar-refractivity contribution in [3.8, 4) is 0 Å². The maximum absolute atomic E-state index is 13.5. The molecule has 3 fully saturated rings. The molecular formula is C31H40N4O4. The number of nitrogens with zero attached hydrogens (tertiary/aromatic N) is 2. The van der Waals surface area contributed by atoms with E-state index in [0.29, 0.717) is 12.5 Å². The number of carboxylic acids is 1. The minimum atomic E-state index is -1.01. The summed E-state index contributed by atoms with van der Waals surface area (Å²) in [4.78, 5) is 34.8. The van der Waals surface area contributed by atoms with Gasteiger partial charge in [-0.2, -0.15) is 0 Å². The van der Waals surface area contributed by atoms with E-state index < -0.39 is 17.4 Å². The molecule has 6 rings (SSSR count). The van der Waals surface area contributed by atoms with E-state index in [-0.39, 0.29) is 23.8 Å². The Labute approximate surface area is 230 Å². The number of aliphatic carboxylic acids is 1. The third-order valence-electron chi connectivity index (χ3n) is 9.67. The average molecular weight is 533 g/mol. The van der Waals surface area contributed by atoms with Gasteiger partial charge in [0.2, 0.25) is 5.91 Å². The van der Waals surface area contributed by atoms with Crippen molar-refractivity contribution in [3.05, 3.63) is 53.5 Å². The molecule has 4 aliphatic rings. The Morgan fingerprint density at radius 2 is 2.00 bits per heavy atom. The third kappa shape index (κ3) is 5.40. The highest BCUT2D eigenvalue weighted by atomic mass is 16.5. The molecule has 2 aromatic heterocycles. The molecule has 1 amide bonds. The van der Waals surface area contributed by atoms with Gasteiger partial charge in [-0.1, -0.05) is 18.6 Å². The van der Waals surface area contributed by atoms with E-state index in [9.17, 15) is 14.7 Å². The van der Waals surface area contributed by atoms with Crippen LogP contribution in [0.1, 0.15) is 81.2 Å². The first kappa shape index (κ1) is 26.2. The fourth-order valence-electron chi connectivity index (χ4n) is 7.18. The van der Waals surface area contributed by atoms with E-state index in [2.05, 4.69) is 27.8 Å². The van der Waals surface area contributed by atoms with Crippen LogP contribution in [0.2, 0.25) is 0 Å². The highest BCUT2D eigenvalue weighted by molar-refractivity contribution is 5.92. The average Bonchev–Trinajstić information content (AvgIpc) is 2.87. The summed E-state index contributed by atoms with van der Waals surface area (Å²) in [7, 11) is 0. The van der Waals surface area contributed by atoms with Crippen LogP contribution < -0.4 is 10.6 Å².